The predicted octanol–water partition coefficient (Wildman–Crippen LogP) is 2.02. The van der Waals surface area contributed by atoms with Crippen molar-refractivity contribution in [3.63, 3.8) is 0 Å². The smallest absolute Gasteiger partial charge is 0.379 e. The molecule has 1 atom stereocenters. The summed E-state index contributed by atoms with van der Waals surface area (Å²) in [4.78, 5) is 6.63. The van der Waals surface area contributed by atoms with Gasteiger partial charge in [-0.1, -0.05) is 12.1 Å². The fraction of sp³-hybridized carbons (Fsp3) is 0.588. The maximum absolute atomic E-state index is 12.8. The molecule has 0 amide bonds. The van der Waals surface area contributed by atoms with Crippen LogP contribution in [0.15, 0.2) is 29.3 Å². The van der Waals surface area contributed by atoms with Gasteiger partial charge < -0.3 is 15.4 Å². The van der Waals surface area contributed by atoms with Gasteiger partial charge in [0.25, 0.3) is 0 Å². The van der Waals surface area contributed by atoms with Gasteiger partial charge in [0, 0.05) is 32.7 Å². The van der Waals surface area contributed by atoms with Gasteiger partial charge in [-0.15, -0.1) is 0 Å². The number of hydrogen-bond donors (Lipinski definition) is 2. The van der Waals surface area contributed by atoms with Gasteiger partial charge in [0.15, 0.2) is 5.96 Å². The number of guanidine groups is 1. The second-order valence-electron chi connectivity index (χ2n) is 6.18. The van der Waals surface area contributed by atoms with E-state index in [0.717, 1.165) is 56.3 Å². The third kappa shape index (κ3) is 4.85. The molecule has 1 fully saturated rings. The van der Waals surface area contributed by atoms with Crippen molar-refractivity contribution in [2.75, 3.05) is 45.9 Å². The minimum Gasteiger partial charge on any atom is -0.379 e. The maximum Gasteiger partial charge on any atom is 0.416 e. The van der Waals surface area contributed by atoms with Gasteiger partial charge in [0.05, 0.1) is 24.8 Å². The summed E-state index contributed by atoms with van der Waals surface area (Å²) in [6.45, 7) is 5.04. The lowest BCUT2D eigenvalue weighted by Gasteiger charge is -2.35. The second kappa shape index (κ2) is 8.05. The maximum atomic E-state index is 12.8. The standard InChI is InChI=1S/C17H23F3N4O/c18-17(19,20)14-4-2-13(3-5-14)15(24-8-10-25-11-9-24)12-23-16-21-6-1-7-22-16/h2-5,15H,1,6-12H2,(H2,21,22,23). The summed E-state index contributed by atoms with van der Waals surface area (Å²) >= 11 is 0. The van der Waals surface area contributed by atoms with Crippen molar-refractivity contribution >= 4 is 5.96 Å². The van der Waals surface area contributed by atoms with Crippen LogP contribution in [0.1, 0.15) is 23.6 Å². The van der Waals surface area contributed by atoms with E-state index in [1.54, 1.807) is 12.1 Å². The molecule has 5 nitrogen and oxygen atoms in total. The molecule has 2 aliphatic heterocycles. The van der Waals surface area contributed by atoms with Gasteiger partial charge in [-0.2, -0.15) is 13.2 Å². The number of ether oxygens (including phenoxy) is 1. The van der Waals surface area contributed by atoms with Crippen LogP contribution >= 0.6 is 0 Å². The highest BCUT2D eigenvalue weighted by Gasteiger charge is 2.31. The highest BCUT2D eigenvalue weighted by molar-refractivity contribution is 5.80. The van der Waals surface area contributed by atoms with Gasteiger partial charge in [0.2, 0.25) is 0 Å². The fourth-order valence-corrected chi connectivity index (χ4v) is 3.09. The monoisotopic (exact) mass is 356 g/mol. The number of benzene rings is 1. The largest absolute Gasteiger partial charge is 0.416 e. The van der Waals surface area contributed by atoms with E-state index in [0.29, 0.717) is 19.8 Å². The third-order valence-corrected chi connectivity index (χ3v) is 4.47. The fourth-order valence-electron chi connectivity index (χ4n) is 3.09. The number of hydrogen-bond acceptors (Lipinski definition) is 5. The van der Waals surface area contributed by atoms with Crippen molar-refractivity contribution in [3.8, 4) is 0 Å². The van der Waals surface area contributed by atoms with E-state index >= 15 is 0 Å². The van der Waals surface area contributed by atoms with Gasteiger partial charge in [-0.05, 0) is 24.1 Å². The Balaban J connectivity index is 1.74. The van der Waals surface area contributed by atoms with Crippen LogP contribution in [-0.2, 0) is 10.9 Å². The van der Waals surface area contributed by atoms with Crippen molar-refractivity contribution in [2.24, 2.45) is 4.99 Å². The molecule has 0 spiro atoms. The molecule has 0 saturated carbocycles. The zero-order valence-corrected chi connectivity index (χ0v) is 14.0. The van der Waals surface area contributed by atoms with Gasteiger partial charge >= 0.3 is 6.18 Å². The average molecular weight is 356 g/mol. The molecule has 8 heteroatoms. The first-order valence-electron chi connectivity index (χ1n) is 8.55. The number of morpholine rings is 1. The molecule has 2 aliphatic rings. The molecule has 2 N–H and O–H groups in total. The molecular weight excluding hydrogens is 333 g/mol. The molecule has 1 aromatic rings. The zero-order valence-electron chi connectivity index (χ0n) is 14.0. The summed E-state index contributed by atoms with van der Waals surface area (Å²) < 4.78 is 43.8. The number of rotatable bonds is 4. The lowest BCUT2D eigenvalue weighted by Crippen LogP contribution is -2.47. The quantitative estimate of drug-likeness (QED) is 0.867. The van der Waals surface area contributed by atoms with Gasteiger partial charge in [-0.3, -0.25) is 9.89 Å². The van der Waals surface area contributed by atoms with Crippen molar-refractivity contribution in [1.29, 1.82) is 0 Å². The SMILES string of the molecule is FC(F)(F)c1ccc(C(CNC2=NCCCN2)N2CCOCC2)cc1. The first kappa shape index (κ1) is 18.0. The highest BCUT2D eigenvalue weighted by Crippen LogP contribution is 2.31. The molecule has 2 heterocycles. The van der Waals surface area contributed by atoms with Crippen molar-refractivity contribution in [3.05, 3.63) is 35.4 Å². The summed E-state index contributed by atoms with van der Waals surface area (Å²) in [6.07, 6.45) is -3.30. The summed E-state index contributed by atoms with van der Waals surface area (Å²) in [6, 6.07) is 5.41. The lowest BCUT2D eigenvalue weighted by atomic mass is 10.0. The first-order chi connectivity index (χ1) is 12.0. The van der Waals surface area contributed by atoms with Crippen molar-refractivity contribution < 1.29 is 17.9 Å². The molecule has 25 heavy (non-hydrogen) atoms. The Morgan fingerprint density at radius 2 is 1.92 bits per heavy atom. The Labute approximate surface area is 145 Å². The molecule has 138 valence electrons. The molecule has 0 aromatic heterocycles. The van der Waals surface area contributed by atoms with E-state index in [1.165, 1.54) is 0 Å². The minimum atomic E-state index is -4.31. The average Bonchev–Trinajstić information content (AvgIpc) is 2.63. The second-order valence-corrected chi connectivity index (χ2v) is 6.18. The topological polar surface area (TPSA) is 48.9 Å². The predicted molar refractivity (Wildman–Crippen MR) is 89.5 cm³/mol. The Morgan fingerprint density at radius 3 is 2.52 bits per heavy atom. The van der Waals surface area contributed by atoms with E-state index in [9.17, 15) is 13.2 Å². The van der Waals surface area contributed by atoms with Crippen molar-refractivity contribution in [1.82, 2.24) is 15.5 Å². The van der Waals surface area contributed by atoms with Crippen LogP contribution in [0.4, 0.5) is 13.2 Å². The molecule has 1 saturated heterocycles. The molecule has 1 aromatic carbocycles. The molecule has 3 rings (SSSR count). The van der Waals surface area contributed by atoms with E-state index in [2.05, 4.69) is 20.5 Å². The Hall–Kier alpha value is -1.80. The summed E-state index contributed by atoms with van der Waals surface area (Å²) in [5.41, 5.74) is 0.238. The van der Waals surface area contributed by atoms with E-state index < -0.39 is 11.7 Å². The van der Waals surface area contributed by atoms with Crippen LogP contribution in [0.3, 0.4) is 0 Å². The van der Waals surface area contributed by atoms with E-state index in [1.807, 2.05) is 0 Å². The summed E-state index contributed by atoms with van der Waals surface area (Å²) in [7, 11) is 0. The van der Waals surface area contributed by atoms with Crippen LogP contribution in [0.5, 0.6) is 0 Å². The lowest BCUT2D eigenvalue weighted by molar-refractivity contribution is -0.137. The third-order valence-electron chi connectivity index (χ3n) is 4.47. The van der Waals surface area contributed by atoms with Crippen LogP contribution in [0.2, 0.25) is 0 Å². The number of alkyl halides is 3. The van der Waals surface area contributed by atoms with E-state index in [-0.39, 0.29) is 6.04 Å². The first-order valence-corrected chi connectivity index (χ1v) is 8.55. The highest BCUT2D eigenvalue weighted by atomic mass is 19.4. The molecule has 0 aliphatic carbocycles. The summed E-state index contributed by atoms with van der Waals surface area (Å²) in [5, 5.41) is 6.50. The van der Waals surface area contributed by atoms with Crippen LogP contribution in [-0.4, -0.2) is 56.8 Å². The normalized spacial score (nSPS) is 20.5. The van der Waals surface area contributed by atoms with Crippen LogP contribution < -0.4 is 10.6 Å². The van der Waals surface area contributed by atoms with Crippen molar-refractivity contribution in [2.45, 2.75) is 18.6 Å². The Morgan fingerprint density at radius 1 is 1.20 bits per heavy atom. The molecule has 0 bridgehead atoms. The Kier molecular flexibility index (Phi) is 5.80. The van der Waals surface area contributed by atoms with E-state index in [4.69, 9.17) is 4.74 Å². The summed E-state index contributed by atoms with van der Waals surface area (Å²) in [5.74, 6) is 0.761. The van der Waals surface area contributed by atoms with Gasteiger partial charge in [0.1, 0.15) is 0 Å². The van der Waals surface area contributed by atoms with Gasteiger partial charge in [-0.25, -0.2) is 0 Å². The number of aliphatic imine (C=N–C) groups is 1. The molecular formula is C17H23F3N4O. The van der Waals surface area contributed by atoms with Crippen LogP contribution in [0, 0.1) is 0 Å². The zero-order chi connectivity index (χ0) is 17.7. The van der Waals surface area contributed by atoms with Crippen LogP contribution in [0.25, 0.3) is 0 Å². The number of halogens is 3. The molecule has 1 unspecified atom stereocenters. The molecule has 0 radical (unpaired) electrons. The Bertz CT molecular complexity index is 583. The number of nitrogens with zero attached hydrogens (tertiary/aromatic N) is 2. The minimum absolute atomic E-state index is 0.0300. The number of nitrogens with one attached hydrogen (secondary N) is 2.